The van der Waals surface area contributed by atoms with Crippen LogP contribution >= 0.6 is 0 Å². The lowest BCUT2D eigenvalue weighted by Gasteiger charge is -2.09. The molecule has 0 radical (unpaired) electrons. The number of carbonyl (C=O) groups is 1. The van der Waals surface area contributed by atoms with Gasteiger partial charge >= 0.3 is 5.97 Å². The Kier molecular flexibility index (Phi) is 4.03. The van der Waals surface area contributed by atoms with Gasteiger partial charge in [0.1, 0.15) is 11.8 Å². The summed E-state index contributed by atoms with van der Waals surface area (Å²) in [7, 11) is 1.27. The molecular weight excluding hydrogens is 320 g/mol. The zero-order valence-corrected chi connectivity index (χ0v) is 14.0. The number of ether oxygens (including phenoxy) is 1. The Bertz CT molecular complexity index is 971. The third kappa shape index (κ3) is 2.64. The van der Waals surface area contributed by atoms with Crippen LogP contribution in [0.25, 0.3) is 16.8 Å². The van der Waals surface area contributed by atoms with Crippen LogP contribution in [0.1, 0.15) is 27.5 Å². The highest BCUT2D eigenvalue weighted by molar-refractivity contribution is 5.96. The summed E-state index contributed by atoms with van der Waals surface area (Å²) in [5.74, 6) is 0.131. The molecule has 0 spiro atoms. The van der Waals surface area contributed by atoms with E-state index in [1.54, 1.807) is 4.57 Å². The second kappa shape index (κ2) is 6.17. The maximum absolute atomic E-state index is 12.0. The lowest BCUT2D eigenvalue weighted by molar-refractivity contribution is 0.0593. The molecule has 25 heavy (non-hydrogen) atoms. The van der Waals surface area contributed by atoms with Gasteiger partial charge in [-0.25, -0.2) is 4.79 Å². The van der Waals surface area contributed by atoms with Gasteiger partial charge in [-0.2, -0.15) is 5.26 Å². The van der Waals surface area contributed by atoms with Gasteiger partial charge in [-0.15, -0.1) is 0 Å². The van der Waals surface area contributed by atoms with E-state index in [9.17, 15) is 10.1 Å². The molecule has 0 saturated heterocycles. The average molecular weight is 336 g/mol. The smallest absolute Gasteiger partial charge is 0.357 e. The van der Waals surface area contributed by atoms with Crippen molar-refractivity contribution in [3.63, 3.8) is 0 Å². The van der Waals surface area contributed by atoms with Crippen LogP contribution in [0.5, 0.6) is 0 Å². The van der Waals surface area contributed by atoms with E-state index in [1.165, 1.54) is 13.3 Å². The summed E-state index contributed by atoms with van der Waals surface area (Å²) < 4.78 is 11.5. The molecule has 7 nitrogen and oxygen atoms in total. The van der Waals surface area contributed by atoms with Crippen molar-refractivity contribution in [3.8, 4) is 22.9 Å². The summed E-state index contributed by atoms with van der Waals surface area (Å²) in [4.78, 5) is 12.0. The van der Waals surface area contributed by atoms with Crippen molar-refractivity contribution < 1.29 is 14.1 Å². The number of nitriles is 1. The van der Waals surface area contributed by atoms with Crippen LogP contribution in [0.15, 0.2) is 35.0 Å². The fourth-order valence-electron chi connectivity index (χ4n) is 2.80. The average Bonchev–Trinajstić information content (AvgIpc) is 3.13. The molecule has 3 aromatic rings. The summed E-state index contributed by atoms with van der Waals surface area (Å²) >= 11 is 0. The molecular formula is C18H16N4O3. The number of nitrogens with two attached hydrogens (primary N) is 1. The minimum Gasteiger partial charge on any atom is -0.464 e. The molecule has 0 aliphatic heterocycles. The molecule has 2 N–H and O–H groups in total. The molecule has 126 valence electrons. The Morgan fingerprint density at radius 3 is 2.52 bits per heavy atom. The van der Waals surface area contributed by atoms with E-state index in [1.807, 2.05) is 44.2 Å². The molecule has 1 aromatic carbocycles. The van der Waals surface area contributed by atoms with E-state index in [4.69, 9.17) is 15.0 Å². The predicted octanol–water partition coefficient (Wildman–Crippen LogP) is 2.99. The first kappa shape index (κ1) is 16.3. The predicted molar refractivity (Wildman–Crippen MR) is 91.2 cm³/mol. The fraction of sp³-hybridized carbons (Fsp3) is 0.167. The van der Waals surface area contributed by atoms with Gasteiger partial charge in [0.25, 0.3) is 0 Å². The Morgan fingerprint density at radius 2 is 2.00 bits per heavy atom. The van der Waals surface area contributed by atoms with Crippen molar-refractivity contribution in [3.05, 3.63) is 53.2 Å². The van der Waals surface area contributed by atoms with E-state index >= 15 is 0 Å². The minimum absolute atomic E-state index is 0.101. The van der Waals surface area contributed by atoms with E-state index in [2.05, 4.69) is 5.16 Å². The Morgan fingerprint density at radius 1 is 1.32 bits per heavy atom. The molecule has 0 atom stereocenters. The molecule has 0 aliphatic rings. The first-order chi connectivity index (χ1) is 12.0. The van der Waals surface area contributed by atoms with Gasteiger partial charge < -0.3 is 19.6 Å². The van der Waals surface area contributed by atoms with Crippen molar-refractivity contribution in [1.29, 1.82) is 5.26 Å². The van der Waals surface area contributed by atoms with Gasteiger partial charge in [-0.05, 0) is 31.5 Å². The molecule has 0 aliphatic carbocycles. The minimum atomic E-state index is -0.603. The molecule has 0 unspecified atom stereocenters. The van der Waals surface area contributed by atoms with Crippen LogP contribution in [-0.2, 0) is 4.74 Å². The van der Waals surface area contributed by atoms with Crippen LogP contribution in [0.3, 0.4) is 0 Å². The number of hydrogen-bond donors (Lipinski definition) is 1. The summed E-state index contributed by atoms with van der Waals surface area (Å²) in [5, 5.41) is 13.1. The quantitative estimate of drug-likeness (QED) is 0.737. The summed E-state index contributed by atoms with van der Waals surface area (Å²) in [6, 6.07) is 9.42. The van der Waals surface area contributed by atoms with Crippen LogP contribution in [0.4, 0.5) is 5.69 Å². The second-order valence-corrected chi connectivity index (χ2v) is 5.52. The van der Waals surface area contributed by atoms with Crippen LogP contribution < -0.4 is 5.73 Å². The Balaban J connectivity index is 2.10. The van der Waals surface area contributed by atoms with Crippen molar-refractivity contribution in [1.82, 2.24) is 9.72 Å². The molecule has 0 fully saturated rings. The molecule has 0 amide bonds. The second-order valence-electron chi connectivity index (χ2n) is 5.52. The number of anilines is 1. The van der Waals surface area contributed by atoms with E-state index in [-0.39, 0.29) is 16.9 Å². The number of benzene rings is 1. The molecule has 0 bridgehead atoms. The Labute approximate surface area is 144 Å². The lowest BCUT2D eigenvalue weighted by atomic mass is 10.0. The molecule has 0 saturated carbocycles. The topological polar surface area (TPSA) is 107 Å². The SMILES string of the molecule is COC(=O)c1c(N)c(C#N)cn1-c1ccc(-c2c(C)noc2C)cc1. The zero-order valence-electron chi connectivity index (χ0n) is 14.0. The highest BCUT2D eigenvalue weighted by Crippen LogP contribution is 2.29. The third-order valence-corrected chi connectivity index (χ3v) is 4.01. The normalized spacial score (nSPS) is 10.5. The van der Waals surface area contributed by atoms with Gasteiger partial charge in [-0.1, -0.05) is 17.3 Å². The molecule has 2 heterocycles. The van der Waals surface area contributed by atoms with Crippen LogP contribution in [0.2, 0.25) is 0 Å². The Hall–Kier alpha value is -3.53. The standard InChI is InChI=1S/C18H16N4O3/c1-10-15(11(2)25-21-10)12-4-6-14(7-5-12)22-9-13(8-19)16(20)17(22)18(23)24-3/h4-7,9H,20H2,1-3H3. The number of aromatic nitrogens is 2. The molecule has 7 heteroatoms. The van der Waals surface area contributed by atoms with Crippen molar-refractivity contribution in [2.45, 2.75) is 13.8 Å². The lowest BCUT2D eigenvalue weighted by Crippen LogP contribution is -2.11. The van der Waals surface area contributed by atoms with E-state index in [0.717, 1.165) is 22.6 Å². The number of carbonyl (C=O) groups excluding carboxylic acids is 1. The monoisotopic (exact) mass is 336 g/mol. The molecule has 2 aromatic heterocycles. The first-order valence-corrected chi connectivity index (χ1v) is 7.50. The van der Waals surface area contributed by atoms with Crippen LogP contribution in [0, 0.1) is 25.2 Å². The van der Waals surface area contributed by atoms with Gasteiger partial charge in [-0.3, -0.25) is 0 Å². The number of esters is 1. The maximum Gasteiger partial charge on any atom is 0.357 e. The number of nitrogen functional groups attached to an aromatic ring is 1. The highest BCUT2D eigenvalue weighted by Gasteiger charge is 2.21. The number of hydrogen-bond acceptors (Lipinski definition) is 6. The largest absolute Gasteiger partial charge is 0.464 e. The van der Waals surface area contributed by atoms with Gasteiger partial charge in [0.05, 0.1) is 24.1 Å². The number of aryl methyl sites for hydroxylation is 2. The van der Waals surface area contributed by atoms with Gasteiger partial charge in [0.2, 0.25) is 0 Å². The van der Waals surface area contributed by atoms with Gasteiger partial charge in [0.15, 0.2) is 5.69 Å². The van der Waals surface area contributed by atoms with Crippen LogP contribution in [-0.4, -0.2) is 22.8 Å². The van der Waals surface area contributed by atoms with E-state index in [0.29, 0.717) is 5.69 Å². The highest BCUT2D eigenvalue weighted by atomic mass is 16.5. The summed E-state index contributed by atoms with van der Waals surface area (Å²) in [5.41, 5.74) is 9.73. The van der Waals surface area contributed by atoms with Gasteiger partial charge in [0, 0.05) is 17.4 Å². The summed E-state index contributed by atoms with van der Waals surface area (Å²) in [6.07, 6.45) is 1.52. The first-order valence-electron chi connectivity index (χ1n) is 7.50. The molecule has 3 rings (SSSR count). The fourth-order valence-corrected chi connectivity index (χ4v) is 2.80. The van der Waals surface area contributed by atoms with Crippen molar-refractivity contribution >= 4 is 11.7 Å². The zero-order chi connectivity index (χ0) is 18.1. The third-order valence-electron chi connectivity index (χ3n) is 4.01. The number of rotatable bonds is 3. The number of methoxy groups -OCH3 is 1. The van der Waals surface area contributed by atoms with E-state index < -0.39 is 5.97 Å². The number of nitrogens with zero attached hydrogens (tertiary/aromatic N) is 3. The summed E-state index contributed by atoms with van der Waals surface area (Å²) in [6.45, 7) is 3.73. The van der Waals surface area contributed by atoms with Crippen molar-refractivity contribution in [2.75, 3.05) is 12.8 Å². The van der Waals surface area contributed by atoms with Crippen molar-refractivity contribution in [2.24, 2.45) is 0 Å². The maximum atomic E-state index is 12.0.